The molecule has 2 N–H and O–H groups in total. The summed E-state index contributed by atoms with van der Waals surface area (Å²) in [5, 5.41) is 17.9. The first kappa shape index (κ1) is 14.2. The van der Waals surface area contributed by atoms with Crippen molar-refractivity contribution in [3.63, 3.8) is 0 Å². The molecule has 0 spiro atoms. The lowest BCUT2D eigenvalue weighted by Gasteiger charge is -2.17. The molecule has 1 atom stereocenters. The monoisotopic (exact) mass is 276 g/mol. The van der Waals surface area contributed by atoms with Crippen LogP contribution in [-0.2, 0) is 9.59 Å². The summed E-state index contributed by atoms with van der Waals surface area (Å²) in [7, 11) is 0. The van der Waals surface area contributed by atoms with Gasteiger partial charge in [-0.05, 0) is 18.4 Å². The molecule has 1 saturated carbocycles. The molecule has 1 aliphatic rings. The summed E-state index contributed by atoms with van der Waals surface area (Å²) >= 11 is 0. The number of carboxylic acids is 2. The number of benzene rings is 1. The fraction of sp³-hybridized carbons (Fsp3) is 0.400. The molecular formula is C15H16O5. The van der Waals surface area contributed by atoms with Gasteiger partial charge in [0, 0.05) is 17.4 Å². The molecule has 0 aliphatic heterocycles. The fourth-order valence-electron chi connectivity index (χ4n) is 2.26. The molecule has 0 saturated heterocycles. The van der Waals surface area contributed by atoms with Crippen LogP contribution in [0.2, 0.25) is 0 Å². The highest BCUT2D eigenvalue weighted by atomic mass is 16.4. The zero-order valence-electron chi connectivity index (χ0n) is 11.1. The first-order chi connectivity index (χ1) is 9.41. The molecule has 0 aromatic heterocycles. The maximum atomic E-state index is 11.9. The summed E-state index contributed by atoms with van der Waals surface area (Å²) < 4.78 is 0. The van der Waals surface area contributed by atoms with Crippen molar-refractivity contribution in [3.8, 4) is 0 Å². The van der Waals surface area contributed by atoms with E-state index in [0.29, 0.717) is 11.1 Å². The highest BCUT2D eigenvalue weighted by Gasteiger charge is 2.33. The van der Waals surface area contributed by atoms with Gasteiger partial charge in [-0.2, -0.15) is 0 Å². The van der Waals surface area contributed by atoms with Gasteiger partial charge in [0.05, 0.1) is 0 Å². The molecule has 5 heteroatoms. The highest BCUT2D eigenvalue weighted by Crippen LogP contribution is 2.33. The van der Waals surface area contributed by atoms with Gasteiger partial charge in [0.15, 0.2) is 11.7 Å². The number of Topliss-reactive ketones (excluding diaryl/α,β-unsaturated/α-hetero) is 1. The Morgan fingerprint density at radius 1 is 1.05 bits per heavy atom. The lowest BCUT2D eigenvalue weighted by atomic mass is 9.87. The van der Waals surface area contributed by atoms with Crippen molar-refractivity contribution in [2.75, 3.05) is 0 Å². The second-order valence-corrected chi connectivity index (χ2v) is 5.20. The van der Waals surface area contributed by atoms with Crippen molar-refractivity contribution in [2.45, 2.75) is 25.7 Å². The van der Waals surface area contributed by atoms with Gasteiger partial charge in [-0.15, -0.1) is 0 Å². The average Bonchev–Trinajstić information content (AvgIpc) is 3.21. The third-order valence-corrected chi connectivity index (χ3v) is 3.70. The van der Waals surface area contributed by atoms with Gasteiger partial charge < -0.3 is 10.2 Å². The Balaban J connectivity index is 2.18. The summed E-state index contributed by atoms with van der Waals surface area (Å²) in [4.78, 5) is 33.8. The normalized spacial score (nSPS) is 15.9. The predicted octanol–water partition coefficient (Wildman–Crippen LogP) is 2.17. The molecule has 1 aromatic carbocycles. The van der Waals surface area contributed by atoms with Gasteiger partial charge in [-0.25, -0.2) is 0 Å². The van der Waals surface area contributed by atoms with Crippen LogP contribution in [0.25, 0.3) is 0 Å². The second kappa shape index (κ2) is 5.45. The van der Waals surface area contributed by atoms with Crippen molar-refractivity contribution in [2.24, 2.45) is 11.8 Å². The van der Waals surface area contributed by atoms with Crippen LogP contribution in [0.15, 0.2) is 24.3 Å². The van der Waals surface area contributed by atoms with E-state index in [1.807, 2.05) is 0 Å². The molecule has 0 heterocycles. The molecule has 1 aromatic rings. The minimum Gasteiger partial charge on any atom is -0.481 e. The Morgan fingerprint density at radius 3 is 1.95 bits per heavy atom. The maximum Gasteiger partial charge on any atom is 0.318 e. The first-order valence-electron chi connectivity index (χ1n) is 6.51. The van der Waals surface area contributed by atoms with Gasteiger partial charge in [0.25, 0.3) is 0 Å². The Bertz CT molecular complexity index is 528. The number of carbonyl (C=O) groups is 3. The molecule has 0 bridgehead atoms. The number of rotatable bonds is 6. The smallest absolute Gasteiger partial charge is 0.318 e. The summed E-state index contributed by atoms with van der Waals surface area (Å²) in [6, 6.07) is 6.57. The van der Waals surface area contributed by atoms with Crippen LogP contribution in [0.3, 0.4) is 0 Å². The quantitative estimate of drug-likeness (QED) is 0.613. The summed E-state index contributed by atoms with van der Waals surface area (Å²) in [6.07, 6.45) is 1.86. The minimum absolute atomic E-state index is 0.109. The number of hydrogen-bond donors (Lipinski definition) is 2. The second-order valence-electron chi connectivity index (χ2n) is 5.20. The maximum absolute atomic E-state index is 11.9. The molecule has 20 heavy (non-hydrogen) atoms. The zero-order chi connectivity index (χ0) is 14.9. The molecular weight excluding hydrogens is 260 g/mol. The van der Waals surface area contributed by atoms with Crippen LogP contribution in [0, 0.1) is 11.8 Å². The molecule has 1 unspecified atom stereocenters. The van der Waals surface area contributed by atoms with E-state index in [4.69, 9.17) is 10.2 Å². The van der Waals surface area contributed by atoms with Crippen molar-refractivity contribution >= 4 is 17.7 Å². The Labute approximate surface area is 116 Å². The van der Waals surface area contributed by atoms with Crippen molar-refractivity contribution < 1.29 is 24.6 Å². The van der Waals surface area contributed by atoms with E-state index in [0.717, 1.165) is 12.8 Å². The summed E-state index contributed by atoms with van der Waals surface area (Å²) in [6.45, 7) is 1.56. The first-order valence-corrected chi connectivity index (χ1v) is 6.51. The molecule has 0 radical (unpaired) electrons. The van der Waals surface area contributed by atoms with Crippen LogP contribution >= 0.6 is 0 Å². The third-order valence-electron chi connectivity index (χ3n) is 3.70. The average molecular weight is 276 g/mol. The van der Waals surface area contributed by atoms with Gasteiger partial charge in [-0.1, -0.05) is 31.2 Å². The van der Waals surface area contributed by atoms with Crippen molar-refractivity contribution in [1.82, 2.24) is 0 Å². The van der Waals surface area contributed by atoms with E-state index in [9.17, 15) is 14.4 Å². The van der Waals surface area contributed by atoms with E-state index in [1.165, 1.54) is 0 Å². The summed E-state index contributed by atoms with van der Waals surface area (Å²) in [5.41, 5.74) is 1.21. The number of carboxylic acid groups (broad SMARTS) is 2. The number of aliphatic carboxylic acids is 2. The molecule has 5 nitrogen and oxygen atoms in total. The summed E-state index contributed by atoms with van der Waals surface area (Å²) in [5.74, 6) is -4.62. The highest BCUT2D eigenvalue weighted by molar-refractivity contribution is 5.99. The molecule has 0 amide bonds. The van der Waals surface area contributed by atoms with Gasteiger partial charge in [0.1, 0.15) is 0 Å². The van der Waals surface area contributed by atoms with Gasteiger partial charge in [0.2, 0.25) is 0 Å². The number of ketones is 1. The minimum atomic E-state index is -1.49. The standard InChI is InChI=1S/C15H16O5/c1-8(12(14(17)18)15(19)20)9-2-4-10(5-3-9)13(16)11-6-7-11/h2-5,8,11-12H,6-7H2,1H3,(H,17,18)(H,19,20). The lowest BCUT2D eigenvalue weighted by Crippen LogP contribution is -2.28. The topological polar surface area (TPSA) is 91.7 Å². The van der Waals surface area contributed by atoms with E-state index in [1.54, 1.807) is 31.2 Å². The number of hydrogen-bond acceptors (Lipinski definition) is 3. The fourth-order valence-corrected chi connectivity index (χ4v) is 2.26. The number of carbonyl (C=O) groups excluding carboxylic acids is 1. The SMILES string of the molecule is CC(c1ccc(C(=O)C2CC2)cc1)C(C(=O)O)C(=O)O. The largest absolute Gasteiger partial charge is 0.481 e. The van der Waals surface area contributed by atoms with Gasteiger partial charge in [-0.3, -0.25) is 14.4 Å². The van der Waals surface area contributed by atoms with E-state index in [-0.39, 0.29) is 11.7 Å². The Hall–Kier alpha value is -2.17. The van der Waals surface area contributed by atoms with Crippen LogP contribution in [0.4, 0.5) is 0 Å². The van der Waals surface area contributed by atoms with Crippen molar-refractivity contribution in [1.29, 1.82) is 0 Å². The molecule has 1 aliphatic carbocycles. The molecule has 1 fully saturated rings. The van der Waals surface area contributed by atoms with Gasteiger partial charge >= 0.3 is 11.9 Å². The zero-order valence-corrected chi connectivity index (χ0v) is 11.1. The molecule has 106 valence electrons. The Kier molecular flexibility index (Phi) is 3.88. The Morgan fingerprint density at radius 2 is 1.55 bits per heavy atom. The van der Waals surface area contributed by atoms with Crippen LogP contribution < -0.4 is 0 Å². The van der Waals surface area contributed by atoms with Crippen molar-refractivity contribution in [3.05, 3.63) is 35.4 Å². The predicted molar refractivity (Wildman–Crippen MR) is 70.7 cm³/mol. The van der Waals surface area contributed by atoms with E-state index in [2.05, 4.69) is 0 Å². The lowest BCUT2D eigenvalue weighted by molar-refractivity contribution is -0.155. The van der Waals surface area contributed by atoms with Crippen LogP contribution in [-0.4, -0.2) is 27.9 Å². The molecule has 2 rings (SSSR count). The van der Waals surface area contributed by atoms with E-state index >= 15 is 0 Å². The third kappa shape index (κ3) is 2.87. The van der Waals surface area contributed by atoms with Crippen LogP contribution in [0.5, 0.6) is 0 Å². The van der Waals surface area contributed by atoms with E-state index < -0.39 is 23.8 Å². The van der Waals surface area contributed by atoms with Crippen LogP contribution in [0.1, 0.15) is 41.6 Å².